The van der Waals surface area contributed by atoms with Crippen LogP contribution in [0.5, 0.6) is 5.75 Å². The summed E-state index contributed by atoms with van der Waals surface area (Å²) in [6.07, 6.45) is 0. The number of carbonyl (C=O) groups excluding carboxylic acids is 2. The van der Waals surface area contributed by atoms with E-state index in [0.717, 1.165) is 0 Å². The molecule has 0 fully saturated rings. The largest absolute Gasteiger partial charge is 0.482 e. The van der Waals surface area contributed by atoms with Crippen LogP contribution in [0.3, 0.4) is 0 Å². The van der Waals surface area contributed by atoms with E-state index in [9.17, 15) is 9.59 Å². The third kappa shape index (κ3) is 6.49. The number of benzene rings is 1. The summed E-state index contributed by atoms with van der Waals surface area (Å²) in [6, 6.07) is 6.10. The van der Waals surface area contributed by atoms with Crippen molar-refractivity contribution in [3.8, 4) is 5.75 Å². The van der Waals surface area contributed by atoms with E-state index < -0.39 is 23.5 Å². The van der Waals surface area contributed by atoms with Gasteiger partial charge in [-0.1, -0.05) is 23.7 Å². The molecule has 0 saturated carbocycles. The monoisotopic (exact) mass is 313 g/mol. The summed E-state index contributed by atoms with van der Waals surface area (Å²) >= 11 is 5.91. The van der Waals surface area contributed by atoms with Crippen molar-refractivity contribution in [3.63, 3.8) is 0 Å². The Labute approximate surface area is 129 Å². The number of hydrogen-bond acceptors (Lipinski definition) is 4. The quantitative estimate of drug-likeness (QED) is 0.849. The lowest BCUT2D eigenvalue weighted by Crippen LogP contribution is -2.43. The zero-order chi connectivity index (χ0) is 16.0. The standard InChI is InChI=1S/C15H20ClNO4/c1-10(14(19)21-15(2,3)4)17-13(18)9-20-12-8-6-5-7-11(12)16/h5-8,10H,9H2,1-4H3,(H,17,18)/t10-/m1/s1. The van der Waals surface area contributed by atoms with E-state index in [1.54, 1.807) is 52.0 Å². The molecular weight excluding hydrogens is 294 g/mol. The molecule has 1 aromatic rings. The van der Waals surface area contributed by atoms with Gasteiger partial charge in [0.15, 0.2) is 6.61 Å². The molecule has 0 aromatic heterocycles. The average Bonchev–Trinajstić information content (AvgIpc) is 2.35. The molecule has 0 saturated heterocycles. The van der Waals surface area contributed by atoms with Crippen LogP contribution in [0.4, 0.5) is 0 Å². The van der Waals surface area contributed by atoms with Crippen LogP contribution >= 0.6 is 11.6 Å². The number of rotatable bonds is 5. The molecule has 116 valence electrons. The van der Waals surface area contributed by atoms with Gasteiger partial charge < -0.3 is 14.8 Å². The van der Waals surface area contributed by atoms with Crippen LogP contribution in [0.2, 0.25) is 5.02 Å². The predicted molar refractivity (Wildman–Crippen MR) is 80.4 cm³/mol. The van der Waals surface area contributed by atoms with Crippen molar-refractivity contribution < 1.29 is 19.1 Å². The van der Waals surface area contributed by atoms with Gasteiger partial charge in [-0.05, 0) is 39.8 Å². The van der Waals surface area contributed by atoms with E-state index in [4.69, 9.17) is 21.1 Å². The fourth-order valence-corrected chi connectivity index (χ4v) is 1.63. The lowest BCUT2D eigenvalue weighted by atomic mass is 10.2. The van der Waals surface area contributed by atoms with Gasteiger partial charge in [-0.2, -0.15) is 0 Å². The summed E-state index contributed by atoms with van der Waals surface area (Å²) in [6.45, 7) is 6.62. The maximum absolute atomic E-state index is 11.7. The highest BCUT2D eigenvalue weighted by atomic mass is 35.5. The van der Waals surface area contributed by atoms with Crippen LogP contribution in [0.15, 0.2) is 24.3 Å². The highest BCUT2D eigenvalue weighted by Crippen LogP contribution is 2.22. The number of hydrogen-bond donors (Lipinski definition) is 1. The maximum Gasteiger partial charge on any atom is 0.328 e. The van der Waals surface area contributed by atoms with Crippen LogP contribution < -0.4 is 10.1 Å². The van der Waals surface area contributed by atoms with E-state index in [-0.39, 0.29) is 6.61 Å². The first-order chi connectivity index (χ1) is 9.69. The van der Waals surface area contributed by atoms with Gasteiger partial charge in [-0.3, -0.25) is 4.79 Å². The third-order valence-electron chi connectivity index (χ3n) is 2.33. The SMILES string of the molecule is C[C@@H](NC(=O)COc1ccccc1Cl)C(=O)OC(C)(C)C. The Bertz CT molecular complexity index is 511. The summed E-state index contributed by atoms with van der Waals surface area (Å²) in [5.74, 6) is -0.499. The van der Waals surface area contributed by atoms with Gasteiger partial charge in [-0.15, -0.1) is 0 Å². The topological polar surface area (TPSA) is 64.6 Å². The molecule has 1 amide bonds. The third-order valence-corrected chi connectivity index (χ3v) is 2.65. The second-order valence-corrected chi connectivity index (χ2v) is 5.95. The Hall–Kier alpha value is -1.75. The number of ether oxygens (including phenoxy) is 2. The van der Waals surface area contributed by atoms with Gasteiger partial charge in [0.05, 0.1) is 5.02 Å². The fraction of sp³-hybridized carbons (Fsp3) is 0.467. The molecule has 0 heterocycles. The van der Waals surface area contributed by atoms with Gasteiger partial charge in [0.25, 0.3) is 5.91 Å². The minimum Gasteiger partial charge on any atom is -0.482 e. The van der Waals surface area contributed by atoms with E-state index in [1.807, 2.05) is 0 Å². The molecule has 0 aliphatic rings. The fourth-order valence-electron chi connectivity index (χ4n) is 1.44. The Morgan fingerprint density at radius 1 is 1.29 bits per heavy atom. The lowest BCUT2D eigenvalue weighted by molar-refractivity contribution is -0.158. The predicted octanol–water partition coefficient (Wildman–Crippen LogP) is 2.57. The van der Waals surface area contributed by atoms with Crippen LogP contribution in [-0.2, 0) is 14.3 Å². The molecular formula is C15H20ClNO4. The minimum atomic E-state index is -0.744. The highest BCUT2D eigenvalue weighted by Gasteiger charge is 2.23. The molecule has 1 atom stereocenters. The van der Waals surface area contributed by atoms with Crippen LogP contribution in [-0.4, -0.2) is 30.1 Å². The summed E-state index contributed by atoms with van der Waals surface area (Å²) in [4.78, 5) is 23.4. The first-order valence-electron chi connectivity index (χ1n) is 6.58. The molecule has 1 rings (SSSR count). The summed E-state index contributed by atoms with van der Waals surface area (Å²) < 4.78 is 10.5. The van der Waals surface area contributed by atoms with Gasteiger partial charge in [0, 0.05) is 0 Å². The molecule has 1 N–H and O–H groups in total. The van der Waals surface area contributed by atoms with Gasteiger partial charge in [0.1, 0.15) is 17.4 Å². The Morgan fingerprint density at radius 3 is 2.48 bits per heavy atom. The highest BCUT2D eigenvalue weighted by molar-refractivity contribution is 6.32. The Morgan fingerprint density at radius 2 is 1.90 bits per heavy atom. The van der Waals surface area contributed by atoms with Crippen molar-refractivity contribution in [2.24, 2.45) is 0 Å². The van der Waals surface area contributed by atoms with Crippen molar-refractivity contribution in [1.82, 2.24) is 5.32 Å². The van der Waals surface area contributed by atoms with Gasteiger partial charge >= 0.3 is 5.97 Å². The molecule has 0 aliphatic carbocycles. The summed E-state index contributed by atoms with van der Waals surface area (Å²) in [7, 11) is 0. The molecule has 0 spiro atoms. The van der Waals surface area contributed by atoms with Crippen molar-refractivity contribution in [2.75, 3.05) is 6.61 Å². The van der Waals surface area contributed by atoms with E-state index in [2.05, 4.69) is 5.32 Å². The average molecular weight is 314 g/mol. The molecule has 0 unspecified atom stereocenters. The molecule has 0 aliphatic heterocycles. The zero-order valence-corrected chi connectivity index (χ0v) is 13.4. The van der Waals surface area contributed by atoms with Crippen molar-refractivity contribution in [1.29, 1.82) is 0 Å². The van der Waals surface area contributed by atoms with E-state index >= 15 is 0 Å². The Balaban J connectivity index is 2.43. The second kappa shape index (κ2) is 7.31. The smallest absolute Gasteiger partial charge is 0.328 e. The van der Waals surface area contributed by atoms with Gasteiger partial charge in [-0.25, -0.2) is 4.79 Å². The van der Waals surface area contributed by atoms with E-state index in [1.165, 1.54) is 0 Å². The zero-order valence-electron chi connectivity index (χ0n) is 12.6. The maximum atomic E-state index is 11.7. The van der Waals surface area contributed by atoms with Crippen LogP contribution in [0, 0.1) is 0 Å². The first-order valence-corrected chi connectivity index (χ1v) is 6.96. The van der Waals surface area contributed by atoms with Crippen LogP contribution in [0.25, 0.3) is 0 Å². The second-order valence-electron chi connectivity index (χ2n) is 5.54. The molecule has 0 bridgehead atoms. The number of esters is 1. The van der Waals surface area contributed by atoms with Crippen molar-refractivity contribution >= 4 is 23.5 Å². The molecule has 1 aromatic carbocycles. The van der Waals surface area contributed by atoms with Crippen LogP contribution in [0.1, 0.15) is 27.7 Å². The Kier molecular flexibility index (Phi) is 6.03. The van der Waals surface area contributed by atoms with Gasteiger partial charge in [0.2, 0.25) is 0 Å². The van der Waals surface area contributed by atoms with Crippen molar-refractivity contribution in [3.05, 3.63) is 29.3 Å². The molecule has 21 heavy (non-hydrogen) atoms. The molecule has 0 radical (unpaired) electrons. The summed E-state index contributed by atoms with van der Waals surface area (Å²) in [5.41, 5.74) is -0.593. The number of halogens is 1. The first kappa shape index (κ1) is 17.3. The van der Waals surface area contributed by atoms with Crippen molar-refractivity contribution in [2.45, 2.75) is 39.3 Å². The molecule has 6 heteroatoms. The normalized spacial score (nSPS) is 12.4. The number of carbonyl (C=O) groups is 2. The minimum absolute atomic E-state index is 0.225. The molecule has 5 nitrogen and oxygen atoms in total. The summed E-state index contributed by atoms with van der Waals surface area (Å²) in [5, 5.41) is 2.93. The number of nitrogens with one attached hydrogen (secondary N) is 1. The number of para-hydroxylation sites is 1. The number of amides is 1. The van der Waals surface area contributed by atoms with E-state index in [0.29, 0.717) is 10.8 Å². The lowest BCUT2D eigenvalue weighted by Gasteiger charge is -2.22.